The van der Waals surface area contributed by atoms with Crippen LogP contribution in [0.2, 0.25) is 0 Å². The van der Waals surface area contributed by atoms with Crippen LogP contribution >= 0.6 is 0 Å². The van der Waals surface area contributed by atoms with Gasteiger partial charge in [0, 0.05) is 12.1 Å². The molecule has 114 valence electrons. The highest BCUT2D eigenvalue weighted by Gasteiger charge is 2.44. The van der Waals surface area contributed by atoms with Gasteiger partial charge in [0.05, 0.1) is 7.11 Å². The molecule has 21 heavy (non-hydrogen) atoms. The van der Waals surface area contributed by atoms with Gasteiger partial charge >= 0.3 is 5.97 Å². The van der Waals surface area contributed by atoms with E-state index in [1.165, 1.54) is 4.90 Å². The second-order valence-electron chi connectivity index (χ2n) is 6.06. The number of methoxy groups -OCH3 is 1. The molecule has 0 radical (unpaired) electrons. The third-order valence-corrected chi connectivity index (χ3v) is 4.10. The number of likely N-dealkylation sites (tertiary alicyclic amines) is 1. The molecule has 5 nitrogen and oxygen atoms in total. The lowest BCUT2D eigenvalue weighted by molar-refractivity contribution is -0.148. The standard InChI is InChI=1S/C16H21NO4/c1-16(2)9-4-10-17(13(16)15(19)20)14(18)11-5-7-12(21-3)8-6-11/h5-8,13H,4,9-10H2,1-3H3,(H,19,20). The zero-order valence-electron chi connectivity index (χ0n) is 12.6. The number of carbonyl (C=O) groups is 2. The Labute approximate surface area is 124 Å². The van der Waals surface area contributed by atoms with Crippen molar-refractivity contribution < 1.29 is 19.4 Å². The first kappa shape index (κ1) is 15.4. The van der Waals surface area contributed by atoms with Gasteiger partial charge in [-0.15, -0.1) is 0 Å². The summed E-state index contributed by atoms with van der Waals surface area (Å²) in [4.78, 5) is 25.7. The summed E-state index contributed by atoms with van der Waals surface area (Å²) in [5.41, 5.74) is 0.0615. The molecule has 0 spiro atoms. The van der Waals surface area contributed by atoms with Gasteiger partial charge in [-0.1, -0.05) is 13.8 Å². The van der Waals surface area contributed by atoms with Crippen LogP contribution in [0.3, 0.4) is 0 Å². The van der Waals surface area contributed by atoms with E-state index in [0.29, 0.717) is 17.9 Å². The van der Waals surface area contributed by atoms with Gasteiger partial charge in [0.2, 0.25) is 0 Å². The molecule has 0 aromatic heterocycles. The molecule has 1 aliphatic heterocycles. The number of carboxylic acid groups (broad SMARTS) is 1. The summed E-state index contributed by atoms with van der Waals surface area (Å²) in [6.07, 6.45) is 1.62. The zero-order valence-corrected chi connectivity index (χ0v) is 12.6. The normalized spacial score (nSPS) is 20.9. The van der Waals surface area contributed by atoms with E-state index in [2.05, 4.69) is 0 Å². The predicted octanol–water partition coefficient (Wildman–Crippen LogP) is 2.41. The summed E-state index contributed by atoms with van der Waals surface area (Å²) in [5, 5.41) is 9.51. The number of aliphatic carboxylic acids is 1. The van der Waals surface area contributed by atoms with E-state index in [4.69, 9.17) is 4.74 Å². The maximum Gasteiger partial charge on any atom is 0.326 e. The Morgan fingerprint density at radius 1 is 1.29 bits per heavy atom. The van der Waals surface area contributed by atoms with Gasteiger partial charge in [-0.25, -0.2) is 4.79 Å². The minimum absolute atomic E-state index is 0.238. The molecule has 1 aliphatic rings. The van der Waals surface area contributed by atoms with Crippen LogP contribution in [0.4, 0.5) is 0 Å². The molecule has 1 aromatic rings. The van der Waals surface area contributed by atoms with E-state index in [0.717, 1.165) is 12.8 Å². The molecule has 0 bridgehead atoms. The van der Waals surface area contributed by atoms with E-state index < -0.39 is 17.4 Å². The Morgan fingerprint density at radius 2 is 1.90 bits per heavy atom. The van der Waals surface area contributed by atoms with Crippen LogP contribution < -0.4 is 4.74 Å². The molecule has 1 saturated heterocycles. The van der Waals surface area contributed by atoms with E-state index in [-0.39, 0.29) is 5.91 Å². The first-order valence-corrected chi connectivity index (χ1v) is 7.04. The highest BCUT2D eigenvalue weighted by Crippen LogP contribution is 2.36. The lowest BCUT2D eigenvalue weighted by Gasteiger charge is -2.44. The van der Waals surface area contributed by atoms with Crippen molar-refractivity contribution in [1.29, 1.82) is 0 Å². The lowest BCUT2D eigenvalue weighted by Crippen LogP contribution is -2.56. The second-order valence-corrected chi connectivity index (χ2v) is 6.06. The molecule has 1 fully saturated rings. The Bertz CT molecular complexity index is 536. The molecule has 2 rings (SSSR count). The van der Waals surface area contributed by atoms with Crippen LogP contribution in [0.1, 0.15) is 37.0 Å². The Kier molecular flexibility index (Phi) is 4.21. The van der Waals surface area contributed by atoms with Crippen LogP contribution in [-0.4, -0.2) is 41.6 Å². The number of piperidine rings is 1. The van der Waals surface area contributed by atoms with Crippen molar-refractivity contribution in [2.75, 3.05) is 13.7 Å². The molecule has 1 N–H and O–H groups in total. The number of benzene rings is 1. The maximum absolute atomic E-state index is 12.6. The van der Waals surface area contributed by atoms with Gasteiger partial charge in [0.25, 0.3) is 5.91 Å². The van der Waals surface area contributed by atoms with Crippen LogP contribution in [0, 0.1) is 5.41 Å². The van der Waals surface area contributed by atoms with Gasteiger partial charge in [0.15, 0.2) is 0 Å². The molecule has 0 saturated carbocycles. The Hall–Kier alpha value is -2.04. The first-order chi connectivity index (χ1) is 9.86. The summed E-state index contributed by atoms with van der Waals surface area (Å²) in [5.74, 6) is -0.514. The van der Waals surface area contributed by atoms with Crippen molar-refractivity contribution in [3.05, 3.63) is 29.8 Å². The first-order valence-electron chi connectivity index (χ1n) is 7.04. The highest BCUT2D eigenvalue weighted by molar-refractivity contribution is 5.97. The molecule has 5 heteroatoms. The van der Waals surface area contributed by atoms with Crippen LogP contribution in [0.5, 0.6) is 5.75 Å². The van der Waals surface area contributed by atoms with E-state index >= 15 is 0 Å². The zero-order chi connectivity index (χ0) is 15.6. The van der Waals surface area contributed by atoms with Gasteiger partial charge in [-0.05, 0) is 42.5 Å². The Balaban J connectivity index is 2.28. The lowest BCUT2D eigenvalue weighted by atomic mass is 9.76. The smallest absolute Gasteiger partial charge is 0.326 e. The number of nitrogens with zero attached hydrogens (tertiary/aromatic N) is 1. The topological polar surface area (TPSA) is 66.8 Å². The average Bonchev–Trinajstić information content (AvgIpc) is 2.45. The number of amides is 1. The summed E-state index contributed by atoms with van der Waals surface area (Å²) in [6.45, 7) is 4.28. The van der Waals surface area contributed by atoms with Crippen molar-refractivity contribution in [2.24, 2.45) is 5.41 Å². The molecule has 1 amide bonds. The number of ether oxygens (including phenoxy) is 1. The van der Waals surface area contributed by atoms with Crippen LogP contribution in [0.15, 0.2) is 24.3 Å². The van der Waals surface area contributed by atoms with Crippen molar-refractivity contribution >= 4 is 11.9 Å². The second kappa shape index (κ2) is 5.76. The average molecular weight is 291 g/mol. The van der Waals surface area contributed by atoms with Crippen molar-refractivity contribution in [3.63, 3.8) is 0 Å². The third-order valence-electron chi connectivity index (χ3n) is 4.10. The molecule has 1 heterocycles. The molecular weight excluding hydrogens is 270 g/mol. The van der Waals surface area contributed by atoms with E-state index in [1.54, 1.807) is 31.4 Å². The van der Waals surface area contributed by atoms with Gasteiger partial charge in [-0.3, -0.25) is 4.79 Å². The number of hydrogen-bond acceptors (Lipinski definition) is 3. The summed E-state index contributed by atoms with van der Waals surface area (Å²) < 4.78 is 5.07. The van der Waals surface area contributed by atoms with Gasteiger partial charge in [0.1, 0.15) is 11.8 Å². The fraction of sp³-hybridized carbons (Fsp3) is 0.500. The molecule has 1 unspecified atom stereocenters. The summed E-state index contributed by atoms with van der Waals surface area (Å²) >= 11 is 0. The highest BCUT2D eigenvalue weighted by atomic mass is 16.5. The molecule has 1 atom stereocenters. The number of rotatable bonds is 3. The quantitative estimate of drug-likeness (QED) is 0.928. The van der Waals surface area contributed by atoms with Gasteiger partial charge in [-0.2, -0.15) is 0 Å². The SMILES string of the molecule is COc1ccc(C(=O)N2CCCC(C)(C)C2C(=O)O)cc1. The molecule has 1 aromatic carbocycles. The number of hydrogen-bond donors (Lipinski definition) is 1. The number of carbonyl (C=O) groups excluding carboxylic acids is 1. The van der Waals surface area contributed by atoms with E-state index in [1.807, 2.05) is 13.8 Å². The summed E-state index contributed by atoms with van der Waals surface area (Å²) in [6, 6.07) is 5.96. The van der Waals surface area contributed by atoms with Crippen molar-refractivity contribution in [2.45, 2.75) is 32.7 Å². The molecular formula is C16H21NO4. The minimum atomic E-state index is -0.943. The largest absolute Gasteiger partial charge is 0.497 e. The van der Waals surface area contributed by atoms with Crippen molar-refractivity contribution in [3.8, 4) is 5.75 Å². The molecule has 0 aliphatic carbocycles. The predicted molar refractivity (Wildman–Crippen MR) is 78.5 cm³/mol. The Morgan fingerprint density at radius 3 is 2.43 bits per heavy atom. The number of carboxylic acids is 1. The monoisotopic (exact) mass is 291 g/mol. The summed E-state index contributed by atoms with van der Waals surface area (Å²) in [7, 11) is 1.56. The van der Waals surface area contributed by atoms with E-state index in [9.17, 15) is 14.7 Å². The van der Waals surface area contributed by atoms with Crippen LogP contribution in [-0.2, 0) is 4.79 Å². The third kappa shape index (κ3) is 3.01. The van der Waals surface area contributed by atoms with Crippen LogP contribution in [0.25, 0.3) is 0 Å². The van der Waals surface area contributed by atoms with Crippen molar-refractivity contribution in [1.82, 2.24) is 4.90 Å². The maximum atomic E-state index is 12.6. The fourth-order valence-electron chi connectivity index (χ4n) is 2.98. The van der Waals surface area contributed by atoms with Gasteiger partial charge < -0.3 is 14.7 Å². The fourth-order valence-corrected chi connectivity index (χ4v) is 2.98. The minimum Gasteiger partial charge on any atom is -0.497 e.